The lowest BCUT2D eigenvalue weighted by Crippen LogP contribution is -2.19. The summed E-state index contributed by atoms with van der Waals surface area (Å²) in [5.41, 5.74) is 3.42. The number of benzene rings is 1. The van der Waals surface area contributed by atoms with Crippen molar-refractivity contribution in [3.8, 4) is 0 Å². The zero-order chi connectivity index (χ0) is 19.5. The Hall–Kier alpha value is -1.40. The van der Waals surface area contributed by atoms with E-state index in [0.717, 1.165) is 15.0 Å². The van der Waals surface area contributed by atoms with Crippen molar-refractivity contribution in [3.63, 3.8) is 0 Å². The number of anilines is 1. The first-order valence-corrected chi connectivity index (χ1v) is 10.6. The number of aromatic nitrogens is 2. The molecule has 26 heavy (non-hydrogen) atoms. The van der Waals surface area contributed by atoms with Crippen LogP contribution in [0, 0.1) is 6.92 Å². The van der Waals surface area contributed by atoms with Crippen LogP contribution in [0.4, 0.5) is 5.69 Å². The molecule has 2 aromatic rings. The number of carbonyl (C=O) groups is 1. The first-order chi connectivity index (χ1) is 11.9. The summed E-state index contributed by atoms with van der Waals surface area (Å²) in [6, 6.07) is 6.44. The van der Waals surface area contributed by atoms with Crippen LogP contribution in [-0.2, 0) is 15.6 Å². The molecule has 4 nitrogen and oxygen atoms in total. The summed E-state index contributed by atoms with van der Waals surface area (Å²) >= 11 is 3.14. The maximum absolute atomic E-state index is 12.4. The molecule has 2 rings (SSSR count). The summed E-state index contributed by atoms with van der Waals surface area (Å²) in [6.45, 7) is 15.1. The van der Waals surface area contributed by atoms with Gasteiger partial charge in [0.1, 0.15) is 5.01 Å². The van der Waals surface area contributed by atoms with Crippen molar-refractivity contribution in [2.24, 2.45) is 0 Å². The lowest BCUT2D eigenvalue weighted by atomic mass is 9.80. The maximum atomic E-state index is 12.4. The molecule has 0 aliphatic rings. The highest BCUT2D eigenvalue weighted by Crippen LogP contribution is 2.32. The Kier molecular flexibility index (Phi) is 6.51. The number of aryl methyl sites for hydroxylation is 1. The minimum absolute atomic E-state index is 0.0321. The van der Waals surface area contributed by atoms with Crippen LogP contribution in [0.15, 0.2) is 22.5 Å². The van der Waals surface area contributed by atoms with Crippen LogP contribution in [0.3, 0.4) is 0 Å². The van der Waals surface area contributed by atoms with E-state index in [0.29, 0.717) is 12.2 Å². The van der Waals surface area contributed by atoms with Gasteiger partial charge in [-0.25, -0.2) is 0 Å². The van der Waals surface area contributed by atoms with Gasteiger partial charge in [0.05, 0.1) is 0 Å². The predicted molar refractivity (Wildman–Crippen MR) is 112 cm³/mol. The zero-order valence-corrected chi connectivity index (χ0v) is 18.4. The average molecular weight is 392 g/mol. The molecule has 0 unspecified atom stereocenters. The maximum Gasteiger partial charge on any atom is 0.225 e. The molecule has 142 valence electrons. The predicted octanol–water partition coefficient (Wildman–Crippen LogP) is 5.56. The van der Waals surface area contributed by atoms with E-state index in [9.17, 15) is 4.79 Å². The fraction of sp³-hybridized carbons (Fsp3) is 0.550. The number of hydrogen-bond acceptors (Lipinski definition) is 5. The van der Waals surface area contributed by atoms with E-state index in [-0.39, 0.29) is 16.7 Å². The molecule has 1 aromatic heterocycles. The largest absolute Gasteiger partial charge is 0.326 e. The Morgan fingerprint density at radius 3 is 2.08 bits per heavy atom. The number of nitrogens with zero attached hydrogens (tertiary/aromatic N) is 2. The van der Waals surface area contributed by atoms with Crippen LogP contribution in [-0.4, -0.2) is 21.9 Å². The second-order valence-corrected chi connectivity index (χ2v) is 11.1. The van der Waals surface area contributed by atoms with Crippen LogP contribution < -0.4 is 5.32 Å². The van der Waals surface area contributed by atoms with Gasteiger partial charge in [0.25, 0.3) is 0 Å². The first kappa shape index (κ1) is 20.9. The monoisotopic (exact) mass is 391 g/mol. The molecule has 1 N–H and O–H groups in total. The molecule has 6 heteroatoms. The molecule has 1 heterocycles. The summed E-state index contributed by atoms with van der Waals surface area (Å²) in [6.07, 6.45) is 0.452. The SMILES string of the molecule is Cc1nnc(SCCC(=O)Nc2cc(C(C)(C)C)cc(C(C)(C)C)c2)s1. The third kappa shape index (κ3) is 6.09. The molecule has 0 fully saturated rings. The smallest absolute Gasteiger partial charge is 0.225 e. The lowest BCUT2D eigenvalue weighted by molar-refractivity contribution is -0.115. The van der Waals surface area contributed by atoms with Crippen molar-refractivity contribution in [2.75, 3.05) is 11.1 Å². The van der Waals surface area contributed by atoms with Gasteiger partial charge in [-0.05, 0) is 41.0 Å². The van der Waals surface area contributed by atoms with Crippen molar-refractivity contribution in [1.82, 2.24) is 10.2 Å². The Morgan fingerprint density at radius 1 is 1.04 bits per heavy atom. The van der Waals surface area contributed by atoms with Gasteiger partial charge < -0.3 is 5.32 Å². The molecule has 0 bridgehead atoms. The van der Waals surface area contributed by atoms with Crippen molar-refractivity contribution >= 4 is 34.7 Å². The quantitative estimate of drug-likeness (QED) is 0.678. The lowest BCUT2D eigenvalue weighted by Gasteiger charge is -2.26. The second-order valence-electron chi connectivity index (χ2n) is 8.53. The normalized spacial score (nSPS) is 12.3. The molecule has 0 saturated heterocycles. The highest BCUT2D eigenvalue weighted by atomic mass is 32.2. The van der Waals surface area contributed by atoms with E-state index < -0.39 is 0 Å². The molecule has 0 aliphatic carbocycles. The van der Waals surface area contributed by atoms with Gasteiger partial charge in [0, 0.05) is 17.9 Å². The fourth-order valence-corrected chi connectivity index (χ4v) is 4.18. The molecule has 0 radical (unpaired) electrons. The van der Waals surface area contributed by atoms with E-state index in [2.05, 4.69) is 75.3 Å². The minimum atomic E-state index is 0.0321. The zero-order valence-electron chi connectivity index (χ0n) is 16.8. The number of nitrogens with one attached hydrogen (secondary N) is 1. The average Bonchev–Trinajstić information content (AvgIpc) is 2.90. The van der Waals surface area contributed by atoms with Gasteiger partial charge in [-0.1, -0.05) is 70.7 Å². The standard InChI is InChI=1S/C20H29N3OS2/c1-13-22-23-18(26-13)25-9-8-17(24)21-16-11-14(19(2,3)4)10-15(12-16)20(5,6)7/h10-12H,8-9H2,1-7H3,(H,21,24). The van der Waals surface area contributed by atoms with Gasteiger partial charge in [-0.15, -0.1) is 10.2 Å². The molecular formula is C20H29N3OS2. The number of thioether (sulfide) groups is 1. The summed E-state index contributed by atoms with van der Waals surface area (Å²) in [7, 11) is 0. The molecule has 1 amide bonds. The third-order valence-electron chi connectivity index (χ3n) is 4.01. The van der Waals surface area contributed by atoms with Crippen LogP contribution in [0.25, 0.3) is 0 Å². The number of hydrogen-bond donors (Lipinski definition) is 1. The Labute approximate surface area is 165 Å². The Bertz CT molecular complexity index is 738. The van der Waals surface area contributed by atoms with Crippen LogP contribution >= 0.6 is 23.1 Å². The van der Waals surface area contributed by atoms with Gasteiger partial charge >= 0.3 is 0 Å². The summed E-state index contributed by atoms with van der Waals surface area (Å²) < 4.78 is 0.917. The Balaban J connectivity index is 2.06. The fourth-order valence-electron chi connectivity index (χ4n) is 2.36. The highest BCUT2D eigenvalue weighted by molar-refractivity contribution is 8.01. The van der Waals surface area contributed by atoms with Crippen molar-refractivity contribution in [2.45, 2.75) is 70.1 Å². The molecule has 0 atom stereocenters. The molecule has 0 aliphatic heterocycles. The van der Waals surface area contributed by atoms with Crippen LogP contribution in [0.1, 0.15) is 64.1 Å². The van der Waals surface area contributed by atoms with Crippen molar-refractivity contribution in [1.29, 1.82) is 0 Å². The van der Waals surface area contributed by atoms with E-state index in [1.165, 1.54) is 11.1 Å². The van der Waals surface area contributed by atoms with Gasteiger partial charge in [0.15, 0.2) is 4.34 Å². The summed E-state index contributed by atoms with van der Waals surface area (Å²) in [4.78, 5) is 12.4. The van der Waals surface area contributed by atoms with Crippen LogP contribution in [0.5, 0.6) is 0 Å². The number of amides is 1. The van der Waals surface area contributed by atoms with E-state index in [4.69, 9.17) is 0 Å². The minimum Gasteiger partial charge on any atom is -0.326 e. The van der Waals surface area contributed by atoms with Crippen molar-refractivity contribution in [3.05, 3.63) is 34.3 Å². The second kappa shape index (κ2) is 8.09. The molecule has 1 aromatic carbocycles. The summed E-state index contributed by atoms with van der Waals surface area (Å²) in [5.74, 6) is 0.732. The topological polar surface area (TPSA) is 54.9 Å². The van der Waals surface area contributed by atoms with Crippen molar-refractivity contribution < 1.29 is 4.79 Å². The van der Waals surface area contributed by atoms with E-state index in [1.807, 2.05) is 6.92 Å². The van der Waals surface area contributed by atoms with E-state index in [1.54, 1.807) is 23.1 Å². The number of rotatable bonds is 5. The van der Waals surface area contributed by atoms with Gasteiger partial charge in [-0.2, -0.15) is 0 Å². The molecule has 0 saturated carbocycles. The highest BCUT2D eigenvalue weighted by Gasteiger charge is 2.21. The molecular weight excluding hydrogens is 362 g/mol. The number of carbonyl (C=O) groups excluding carboxylic acids is 1. The van der Waals surface area contributed by atoms with Gasteiger partial charge in [0.2, 0.25) is 5.91 Å². The molecule has 0 spiro atoms. The summed E-state index contributed by atoms with van der Waals surface area (Å²) in [5, 5.41) is 12.1. The Morgan fingerprint density at radius 2 is 1.62 bits per heavy atom. The van der Waals surface area contributed by atoms with Crippen LogP contribution in [0.2, 0.25) is 0 Å². The first-order valence-electron chi connectivity index (χ1n) is 8.84. The third-order valence-corrected chi connectivity index (χ3v) is 5.98. The van der Waals surface area contributed by atoms with Gasteiger partial charge in [-0.3, -0.25) is 4.79 Å². The van der Waals surface area contributed by atoms with E-state index >= 15 is 0 Å².